The lowest BCUT2D eigenvalue weighted by Crippen LogP contribution is -2.25. The van der Waals surface area contributed by atoms with Crippen LogP contribution in [0.1, 0.15) is 25.2 Å². The van der Waals surface area contributed by atoms with Gasteiger partial charge in [-0.25, -0.2) is 9.37 Å². The van der Waals surface area contributed by atoms with Crippen molar-refractivity contribution in [1.82, 2.24) is 24.1 Å². The molecule has 144 valence electrons. The number of para-hydroxylation sites is 1. The monoisotopic (exact) mass is 383 g/mol. The Morgan fingerprint density at radius 2 is 2.18 bits per heavy atom. The van der Waals surface area contributed by atoms with E-state index in [1.54, 1.807) is 16.5 Å². The van der Waals surface area contributed by atoms with E-state index in [0.29, 0.717) is 23.0 Å². The molecule has 9 heteroatoms. The van der Waals surface area contributed by atoms with Gasteiger partial charge < -0.3 is 13.8 Å². The standard InChI is InChI=1S/C19H18FN5O3/c1-10-8-11(10)18-22-17(23-28-18)14-16-19(26)24(6-7-27-2)15-12(20)4-3-5-13(15)25(16)9-21-14/h3-5,9-11H,6-8H2,1-2H3. The van der Waals surface area contributed by atoms with E-state index in [0.717, 1.165) is 6.42 Å². The second-order valence-corrected chi connectivity index (χ2v) is 7.14. The molecule has 1 aliphatic carbocycles. The third kappa shape index (κ3) is 2.46. The zero-order valence-electron chi connectivity index (χ0n) is 15.4. The second kappa shape index (κ2) is 6.23. The Bertz CT molecular complexity index is 1260. The molecule has 5 rings (SSSR count). The molecule has 0 bridgehead atoms. The third-order valence-corrected chi connectivity index (χ3v) is 5.31. The highest BCUT2D eigenvalue weighted by Crippen LogP contribution is 2.46. The first-order valence-corrected chi connectivity index (χ1v) is 9.11. The van der Waals surface area contributed by atoms with Gasteiger partial charge in [-0.05, 0) is 24.5 Å². The maximum absolute atomic E-state index is 14.6. The summed E-state index contributed by atoms with van der Waals surface area (Å²) in [5.41, 5.74) is 0.968. The Hall–Kier alpha value is -3.07. The molecule has 1 saturated carbocycles. The largest absolute Gasteiger partial charge is 0.383 e. The molecule has 3 heterocycles. The molecule has 0 saturated heterocycles. The van der Waals surface area contributed by atoms with E-state index in [1.807, 2.05) is 0 Å². The van der Waals surface area contributed by atoms with Crippen molar-refractivity contribution < 1.29 is 13.7 Å². The van der Waals surface area contributed by atoms with Gasteiger partial charge in [0.15, 0.2) is 0 Å². The summed E-state index contributed by atoms with van der Waals surface area (Å²) < 4.78 is 28.0. The van der Waals surface area contributed by atoms with E-state index in [-0.39, 0.29) is 41.5 Å². The van der Waals surface area contributed by atoms with Crippen LogP contribution in [-0.4, -0.2) is 37.8 Å². The van der Waals surface area contributed by atoms with Crippen LogP contribution in [0.4, 0.5) is 4.39 Å². The van der Waals surface area contributed by atoms with Gasteiger partial charge in [0.2, 0.25) is 11.7 Å². The molecule has 0 aliphatic heterocycles. The minimum Gasteiger partial charge on any atom is -0.383 e. The smallest absolute Gasteiger partial charge is 0.277 e. The highest BCUT2D eigenvalue weighted by atomic mass is 19.1. The summed E-state index contributed by atoms with van der Waals surface area (Å²) >= 11 is 0. The van der Waals surface area contributed by atoms with Crippen molar-refractivity contribution in [2.24, 2.45) is 5.92 Å². The molecular formula is C19H18FN5O3. The Labute approximate surface area is 158 Å². The SMILES string of the molecule is COCCn1c(=O)c2c(-c3noc(C4CC4C)n3)ncn2c2cccc(F)c21. The van der Waals surface area contributed by atoms with Crippen LogP contribution in [0, 0.1) is 11.7 Å². The zero-order valence-corrected chi connectivity index (χ0v) is 15.4. The number of ether oxygens (including phenoxy) is 1. The lowest BCUT2D eigenvalue weighted by atomic mass is 10.2. The number of imidazole rings is 1. The Morgan fingerprint density at radius 1 is 1.36 bits per heavy atom. The summed E-state index contributed by atoms with van der Waals surface area (Å²) in [6.45, 7) is 2.61. The summed E-state index contributed by atoms with van der Waals surface area (Å²) in [5, 5.41) is 4.03. The summed E-state index contributed by atoms with van der Waals surface area (Å²) in [6, 6.07) is 4.67. The second-order valence-electron chi connectivity index (χ2n) is 7.14. The summed E-state index contributed by atoms with van der Waals surface area (Å²) in [6.07, 6.45) is 2.50. The van der Waals surface area contributed by atoms with Crippen molar-refractivity contribution in [3.8, 4) is 11.5 Å². The van der Waals surface area contributed by atoms with Gasteiger partial charge in [0.1, 0.15) is 28.9 Å². The van der Waals surface area contributed by atoms with Crippen LogP contribution in [0.5, 0.6) is 0 Å². The van der Waals surface area contributed by atoms with Crippen molar-refractivity contribution in [3.63, 3.8) is 0 Å². The molecule has 0 spiro atoms. The van der Waals surface area contributed by atoms with Gasteiger partial charge in [0.25, 0.3) is 5.56 Å². The molecule has 2 unspecified atom stereocenters. The molecule has 2 atom stereocenters. The highest BCUT2D eigenvalue weighted by molar-refractivity contribution is 5.84. The van der Waals surface area contributed by atoms with Crippen molar-refractivity contribution in [3.05, 3.63) is 46.6 Å². The molecule has 0 N–H and O–H groups in total. The first kappa shape index (κ1) is 17.1. The molecule has 0 amide bonds. The number of aromatic nitrogens is 5. The maximum atomic E-state index is 14.6. The number of fused-ring (bicyclic) bond motifs is 3. The number of rotatable bonds is 5. The summed E-state index contributed by atoms with van der Waals surface area (Å²) in [5.74, 6) is 1.14. The summed E-state index contributed by atoms with van der Waals surface area (Å²) in [4.78, 5) is 22.1. The number of nitrogens with zero attached hydrogens (tertiary/aromatic N) is 5. The quantitative estimate of drug-likeness (QED) is 0.526. The Kier molecular flexibility index (Phi) is 3.80. The summed E-state index contributed by atoms with van der Waals surface area (Å²) in [7, 11) is 1.53. The lowest BCUT2D eigenvalue weighted by molar-refractivity contribution is 0.187. The maximum Gasteiger partial charge on any atom is 0.277 e. The van der Waals surface area contributed by atoms with Gasteiger partial charge in [-0.2, -0.15) is 4.98 Å². The van der Waals surface area contributed by atoms with Gasteiger partial charge in [0.05, 0.1) is 12.1 Å². The fraction of sp³-hybridized carbons (Fsp3) is 0.368. The van der Waals surface area contributed by atoms with Gasteiger partial charge in [-0.3, -0.25) is 9.20 Å². The third-order valence-electron chi connectivity index (χ3n) is 5.31. The van der Waals surface area contributed by atoms with E-state index in [1.165, 1.54) is 24.1 Å². The van der Waals surface area contributed by atoms with E-state index in [9.17, 15) is 9.18 Å². The van der Waals surface area contributed by atoms with Crippen molar-refractivity contribution in [1.29, 1.82) is 0 Å². The Balaban J connectivity index is 1.76. The van der Waals surface area contributed by atoms with E-state index in [2.05, 4.69) is 22.0 Å². The van der Waals surface area contributed by atoms with Crippen LogP contribution in [0.3, 0.4) is 0 Å². The van der Waals surface area contributed by atoms with E-state index in [4.69, 9.17) is 9.26 Å². The molecule has 1 aromatic carbocycles. The molecule has 4 aromatic rings. The minimum absolute atomic E-state index is 0.210. The molecule has 3 aromatic heterocycles. The number of benzene rings is 1. The normalized spacial score (nSPS) is 19.0. The van der Waals surface area contributed by atoms with Crippen LogP contribution in [-0.2, 0) is 11.3 Å². The van der Waals surface area contributed by atoms with Crippen molar-refractivity contribution in [2.45, 2.75) is 25.8 Å². The predicted octanol–water partition coefficient (Wildman–Crippen LogP) is 2.61. The van der Waals surface area contributed by atoms with Gasteiger partial charge in [0, 0.05) is 19.6 Å². The first-order chi connectivity index (χ1) is 13.6. The number of halogens is 1. The van der Waals surface area contributed by atoms with Gasteiger partial charge in [-0.1, -0.05) is 18.1 Å². The van der Waals surface area contributed by atoms with Crippen LogP contribution < -0.4 is 5.56 Å². The fourth-order valence-electron chi connectivity index (χ4n) is 3.64. The lowest BCUT2D eigenvalue weighted by Gasteiger charge is -2.12. The molecule has 0 radical (unpaired) electrons. The van der Waals surface area contributed by atoms with Crippen molar-refractivity contribution in [2.75, 3.05) is 13.7 Å². The first-order valence-electron chi connectivity index (χ1n) is 9.11. The van der Waals surface area contributed by atoms with Crippen LogP contribution in [0.2, 0.25) is 0 Å². The van der Waals surface area contributed by atoms with Crippen LogP contribution in [0.15, 0.2) is 33.8 Å². The predicted molar refractivity (Wildman–Crippen MR) is 98.6 cm³/mol. The Morgan fingerprint density at radius 3 is 2.93 bits per heavy atom. The molecule has 8 nitrogen and oxygen atoms in total. The molecule has 28 heavy (non-hydrogen) atoms. The number of hydrogen-bond acceptors (Lipinski definition) is 6. The molecule has 1 fully saturated rings. The van der Waals surface area contributed by atoms with Gasteiger partial charge in [-0.15, -0.1) is 0 Å². The number of methoxy groups -OCH3 is 1. The van der Waals surface area contributed by atoms with Gasteiger partial charge >= 0.3 is 0 Å². The van der Waals surface area contributed by atoms with Crippen LogP contribution in [0.25, 0.3) is 28.1 Å². The zero-order chi connectivity index (χ0) is 19.4. The average molecular weight is 383 g/mol. The fourth-order valence-corrected chi connectivity index (χ4v) is 3.64. The number of hydrogen-bond donors (Lipinski definition) is 0. The molecular weight excluding hydrogens is 365 g/mol. The minimum atomic E-state index is -0.479. The van der Waals surface area contributed by atoms with E-state index < -0.39 is 5.82 Å². The van der Waals surface area contributed by atoms with Crippen LogP contribution >= 0.6 is 0 Å². The van der Waals surface area contributed by atoms with Crippen molar-refractivity contribution >= 4 is 16.6 Å². The average Bonchev–Trinajstić information content (AvgIpc) is 3.10. The molecule has 1 aliphatic rings. The highest BCUT2D eigenvalue weighted by Gasteiger charge is 2.39. The topological polar surface area (TPSA) is 87.5 Å². The van der Waals surface area contributed by atoms with E-state index >= 15 is 0 Å².